The van der Waals surface area contributed by atoms with Crippen LogP contribution in [0.25, 0.3) is 0 Å². The second-order valence-corrected chi connectivity index (χ2v) is 4.75. The largest absolute Gasteiger partial charge is 0.388 e. The van der Waals surface area contributed by atoms with Crippen molar-refractivity contribution in [3.63, 3.8) is 0 Å². The predicted octanol–water partition coefficient (Wildman–Crippen LogP) is 3.64. The lowest BCUT2D eigenvalue weighted by molar-refractivity contribution is 0.163. The van der Waals surface area contributed by atoms with Gasteiger partial charge in [-0.15, -0.1) is 0 Å². The van der Waals surface area contributed by atoms with Gasteiger partial charge in [0.2, 0.25) is 0 Å². The Kier molecular flexibility index (Phi) is 6.53. The molecule has 0 saturated carbocycles. The molecule has 0 saturated heterocycles. The van der Waals surface area contributed by atoms with Gasteiger partial charge in [0.15, 0.2) is 0 Å². The molecule has 0 aliphatic rings. The first-order valence-electron chi connectivity index (χ1n) is 5.56. The van der Waals surface area contributed by atoms with Gasteiger partial charge < -0.3 is 5.11 Å². The minimum absolute atomic E-state index is 0.277. The number of aliphatic hydroxyl groups is 1. The summed E-state index contributed by atoms with van der Waals surface area (Å²) in [6.45, 7) is 0. The molecule has 0 spiro atoms. The molecule has 84 valence electrons. The summed E-state index contributed by atoms with van der Waals surface area (Å²) in [5.74, 6) is 1.24. The Morgan fingerprint density at radius 3 is 2.53 bits per heavy atom. The topological polar surface area (TPSA) is 20.2 Å². The van der Waals surface area contributed by atoms with E-state index in [1.165, 1.54) is 18.6 Å². The van der Waals surface area contributed by atoms with Gasteiger partial charge in [0.25, 0.3) is 0 Å². The van der Waals surface area contributed by atoms with Gasteiger partial charge >= 0.3 is 0 Å². The third-order valence-corrected chi connectivity index (χ3v) is 3.21. The monoisotopic (exact) mass is 224 g/mol. The van der Waals surface area contributed by atoms with Crippen molar-refractivity contribution in [1.29, 1.82) is 0 Å². The Labute approximate surface area is 96.9 Å². The first-order valence-corrected chi connectivity index (χ1v) is 6.96. The molecule has 0 bridgehead atoms. The fourth-order valence-corrected chi connectivity index (χ4v) is 2.10. The van der Waals surface area contributed by atoms with Gasteiger partial charge in [0.05, 0.1) is 6.10 Å². The van der Waals surface area contributed by atoms with Gasteiger partial charge in [-0.3, -0.25) is 0 Å². The highest BCUT2D eigenvalue weighted by Gasteiger charge is 2.05. The summed E-state index contributed by atoms with van der Waals surface area (Å²) in [6, 6.07) is 9.92. The van der Waals surface area contributed by atoms with Crippen molar-refractivity contribution in [3.8, 4) is 0 Å². The summed E-state index contributed by atoms with van der Waals surface area (Å²) in [6.07, 6.45) is 6.36. The first kappa shape index (κ1) is 12.6. The van der Waals surface area contributed by atoms with Crippen LogP contribution in [0.5, 0.6) is 0 Å². The number of aliphatic hydroxyl groups excluding tert-OH is 1. The van der Waals surface area contributed by atoms with Crippen molar-refractivity contribution in [2.24, 2.45) is 0 Å². The second kappa shape index (κ2) is 7.77. The Bertz CT molecular complexity index is 248. The molecule has 0 heterocycles. The average molecular weight is 224 g/mol. The quantitative estimate of drug-likeness (QED) is 0.713. The molecule has 2 heteroatoms. The van der Waals surface area contributed by atoms with E-state index in [0.717, 1.165) is 18.4 Å². The molecule has 0 aromatic heterocycles. The zero-order chi connectivity index (χ0) is 10.9. The van der Waals surface area contributed by atoms with Crippen molar-refractivity contribution < 1.29 is 5.11 Å². The highest BCUT2D eigenvalue weighted by atomic mass is 32.2. The Balaban J connectivity index is 2.16. The van der Waals surface area contributed by atoms with Gasteiger partial charge in [-0.05, 0) is 30.4 Å². The van der Waals surface area contributed by atoms with E-state index in [-0.39, 0.29) is 6.10 Å². The molecule has 15 heavy (non-hydrogen) atoms. The van der Waals surface area contributed by atoms with Crippen LogP contribution < -0.4 is 0 Å². The second-order valence-electron chi connectivity index (χ2n) is 3.77. The van der Waals surface area contributed by atoms with Gasteiger partial charge in [-0.25, -0.2) is 0 Å². The maximum Gasteiger partial charge on any atom is 0.0790 e. The van der Waals surface area contributed by atoms with E-state index in [9.17, 15) is 5.11 Å². The molecule has 1 aromatic carbocycles. The van der Waals surface area contributed by atoms with Crippen LogP contribution in [-0.4, -0.2) is 17.1 Å². The molecule has 0 radical (unpaired) electrons. The van der Waals surface area contributed by atoms with E-state index < -0.39 is 0 Å². The molecule has 1 atom stereocenters. The molecule has 0 fully saturated rings. The van der Waals surface area contributed by atoms with Gasteiger partial charge in [-0.1, -0.05) is 43.2 Å². The summed E-state index contributed by atoms with van der Waals surface area (Å²) >= 11 is 1.89. The lowest BCUT2D eigenvalue weighted by Crippen LogP contribution is -1.96. The number of unbranched alkanes of at least 4 members (excludes halogenated alkanes) is 2. The van der Waals surface area contributed by atoms with E-state index in [1.807, 2.05) is 42.1 Å². The molecule has 1 aromatic rings. The van der Waals surface area contributed by atoms with Gasteiger partial charge in [0, 0.05) is 0 Å². The number of thioether (sulfide) groups is 1. The first-order chi connectivity index (χ1) is 7.34. The molecule has 0 aliphatic heterocycles. The van der Waals surface area contributed by atoms with E-state index in [0.29, 0.717) is 0 Å². The van der Waals surface area contributed by atoms with E-state index in [1.54, 1.807) is 0 Å². The van der Waals surface area contributed by atoms with E-state index in [4.69, 9.17) is 0 Å². The number of hydrogen-bond donors (Lipinski definition) is 1. The molecule has 0 amide bonds. The normalized spacial score (nSPS) is 12.7. The Morgan fingerprint density at radius 2 is 1.87 bits per heavy atom. The van der Waals surface area contributed by atoms with E-state index in [2.05, 4.69) is 6.26 Å². The van der Waals surface area contributed by atoms with Crippen LogP contribution in [0.3, 0.4) is 0 Å². The summed E-state index contributed by atoms with van der Waals surface area (Å²) in [5.41, 5.74) is 1.04. The molecule has 1 N–H and O–H groups in total. The number of benzene rings is 1. The van der Waals surface area contributed by atoms with Crippen LogP contribution in [0, 0.1) is 0 Å². The third kappa shape index (κ3) is 5.24. The van der Waals surface area contributed by atoms with Crippen LogP contribution in [0.1, 0.15) is 37.4 Å². The van der Waals surface area contributed by atoms with Crippen LogP contribution >= 0.6 is 11.8 Å². The van der Waals surface area contributed by atoms with Crippen molar-refractivity contribution >= 4 is 11.8 Å². The van der Waals surface area contributed by atoms with Gasteiger partial charge in [-0.2, -0.15) is 11.8 Å². The summed E-state index contributed by atoms with van der Waals surface area (Å²) in [5, 5.41) is 9.87. The minimum atomic E-state index is -0.277. The Morgan fingerprint density at radius 1 is 1.13 bits per heavy atom. The lowest BCUT2D eigenvalue weighted by Gasteiger charge is -2.10. The molecule has 0 aliphatic carbocycles. The molecule has 1 rings (SSSR count). The summed E-state index contributed by atoms with van der Waals surface area (Å²) < 4.78 is 0. The van der Waals surface area contributed by atoms with Crippen molar-refractivity contribution in [3.05, 3.63) is 35.9 Å². The highest BCUT2D eigenvalue weighted by Crippen LogP contribution is 2.19. The fourth-order valence-electron chi connectivity index (χ4n) is 1.60. The Hall–Kier alpha value is -0.470. The van der Waals surface area contributed by atoms with Crippen LogP contribution in [-0.2, 0) is 0 Å². The number of hydrogen-bond acceptors (Lipinski definition) is 2. The lowest BCUT2D eigenvalue weighted by atomic mass is 10.0. The number of rotatable bonds is 7. The fraction of sp³-hybridized carbons (Fsp3) is 0.538. The van der Waals surface area contributed by atoms with Crippen LogP contribution in [0.4, 0.5) is 0 Å². The van der Waals surface area contributed by atoms with Crippen LogP contribution in [0.15, 0.2) is 30.3 Å². The zero-order valence-corrected chi connectivity index (χ0v) is 10.2. The average Bonchev–Trinajstić information content (AvgIpc) is 2.30. The maximum absolute atomic E-state index is 9.87. The molecular weight excluding hydrogens is 204 g/mol. The van der Waals surface area contributed by atoms with E-state index >= 15 is 0 Å². The zero-order valence-electron chi connectivity index (χ0n) is 9.36. The summed E-state index contributed by atoms with van der Waals surface area (Å²) in [7, 11) is 0. The third-order valence-electron chi connectivity index (χ3n) is 2.51. The predicted molar refractivity (Wildman–Crippen MR) is 68.3 cm³/mol. The smallest absolute Gasteiger partial charge is 0.0790 e. The SMILES string of the molecule is CSCCCCCC(O)c1ccccc1. The molecular formula is C13H20OS. The molecule has 1 nitrogen and oxygen atoms in total. The van der Waals surface area contributed by atoms with Crippen molar-refractivity contribution in [2.45, 2.75) is 31.8 Å². The van der Waals surface area contributed by atoms with Crippen molar-refractivity contribution in [2.75, 3.05) is 12.0 Å². The van der Waals surface area contributed by atoms with Crippen LogP contribution in [0.2, 0.25) is 0 Å². The minimum Gasteiger partial charge on any atom is -0.388 e. The highest BCUT2D eigenvalue weighted by molar-refractivity contribution is 7.98. The van der Waals surface area contributed by atoms with Crippen molar-refractivity contribution in [1.82, 2.24) is 0 Å². The summed E-state index contributed by atoms with van der Waals surface area (Å²) in [4.78, 5) is 0. The standard InChI is InChI=1S/C13H20OS/c1-15-11-7-3-6-10-13(14)12-8-4-2-5-9-12/h2,4-5,8-9,13-14H,3,6-7,10-11H2,1H3. The van der Waals surface area contributed by atoms with Gasteiger partial charge in [0.1, 0.15) is 0 Å². The molecule has 1 unspecified atom stereocenters. The maximum atomic E-state index is 9.87.